The molecule has 0 fully saturated rings. The molecule has 6 heteroatoms. The number of nitrogens with zero attached hydrogens (tertiary/aromatic N) is 2. The average Bonchev–Trinajstić information content (AvgIpc) is 3.03. The predicted octanol–water partition coefficient (Wildman–Crippen LogP) is 4.48. The molecule has 25 heavy (non-hydrogen) atoms. The first-order valence-corrected chi connectivity index (χ1v) is 8.59. The number of unbranched alkanes of at least 4 members (excludes halogenated alkanes) is 1. The van der Waals surface area contributed by atoms with Crippen molar-refractivity contribution in [2.45, 2.75) is 25.9 Å². The molecule has 0 N–H and O–H groups in total. The highest BCUT2D eigenvalue weighted by Crippen LogP contribution is 2.42. The van der Waals surface area contributed by atoms with E-state index in [4.69, 9.17) is 31.1 Å². The van der Waals surface area contributed by atoms with Gasteiger partial charge in [0.25, 0.3) is 0 Å². The Morgan fingerprint density at radius 3 is 2.56 bits per heavy atom. The number of nitriles is 1. The van der Waals surface area contributed by atoms with Crippen LogP contribution < -0.4 is 14.2 Å². The average molecular weight is 357 g/mol. The fraction of sp³-hybridized carbons (Fsp3) is 0.316. The van der Waals surface area contributed by atoms with Crippen molar-refractivity contribution >= 4 is 11.6 Å². The molecule has 128 valence electrons. The summed E-state index contributed by atoms with van der Waals surface area (Å²) >= 11 is 6.17. The summed E-state index contributed by atoms with van der Waals surface area (Å²) in [7, 11) is 0. The lowest BCUT2D eigenvalue weighted by Crippen LogP contribution is -2.25. The molecule has 2 aromatic carbocycles. The number of rotatable bonds is 3. The maximum absolute atomic E-state index is 8.82. The SMILES string of the molecule is N#CCCCN1Cc2cc(Cl)ccc2Oc2cc3c(cc2C1)OCO3. The third-order valence-corrected chi connectivity index (χ3v) is 4.58. The molecule has 2 aromatic rings. The van der Waals surface area contributed by atoms with Crippen LogP contribution in [0.25, 0.3) is 0 Å². The molecule has 0 bridgehead atoms. The van der Waals surface area contributed by atoms with Gasteiger partial charge in [-0.2, -0.15) is 5.26 Å². The van der Waals surface area contributed by atoms with Crippen molar-refractivity contribution in [3.8, 4) is 29.1 Å². The van der Waals surface area contributed by atoms with E-state index in [0.29, 0.717) is 23.7 Å². The van der Waals surface area contributed by atoms with Gasteiger partial charge in [0.15, 0.2) is 11.5 Å². The van der Waals surface area contributed by atoms with Crippen LogP contribution in [0.4, 0.5) is 0 Å². The Labute approximate surface area is 151 Å². The lowest BCUT2D eigenvalue weighted by atomic mass is 10.1. The van der Waals surface area contributed by atoms with Crippen LogP contribution in [0.15, 0.2) is 30.3 Å². The molecule has 2 heterocycles. The number of benzene rings is 2. The molecule has 0 amide bonds. The van der Waals surface area contributed by atoms with Gasteiger partial charge < -0.3 is 14.2 Å². The predicted molar refractivity (Wildman–Crippen MR) is 93.1 cm³/mol. The lowest BCUT2D eigenvalue weighted by Gasteiger charge is -2.27. The standard InChI is InChI=1S/C19H17ClN2O3/c20-15-3-4-16-13(7-15)10-22(6-2-1-5-21)11-14-8-18-19(24-12-23-18)9-17(14)25-16/h3-4,7-9H,1-2,6,10-12H2. The molecule has 0 saturated carbocycles. The van der Waals surface area contributed by atoms with Crippen molar-refractivity contribution in [2.75, 3.05) is 13.3 Å². The minimum atomic E-state index is 0.232. The fourth-order valence-corrected chi connectivity index (χ4v) is 3.35. The molecule has 0 spiro atoms. The fourth-order valence-electron chi connectivity index (χ4n) is 3.15. The van der Waals surface area contributed by atoms with Crippen LogP contribution in [-0.4, -0.2) is 18.2 Å². The highest BCUT2D eigenvalue weighted by atomic mass is 35.5. The van der Waals surface area contributed by atoms with Gasteiger partial charge in [0.1, 0.15) is 11.5 Å². The van der Waals surface area contributed by atoms with Crippen LogP contribution in [-0.2, 0) is 13.1 Å². The number of halogens is 1. The maximum atomic E-state index is 8.82. The summed E-state index contributed by atoms with van der Waals surface area (Å²) in [6.07, 6.45) is 1.37. The quantitative estimate of drug-likeness (QED) is 0.759. The number of hydrogen-bond donors (Lipinski definition) is 0. The minimum Gasteiger partial charge on any atom is -0.457 e. The summed E-state index contributed by atoms with van der Waals surface area (Å²) in [6, 6.07) is 11.7. The Bertz CT molecular complexity index is 847. The summed E-state index contributed by atoms with van der Waals surface area (Å²) in [5.74, 6) is 2.99. The highest BCUT2D eigenvalue weighted by molar-refractivity contribution is 6.30. The van der Waals surface area contributed by atoms with Crippen LogP contribution in [0.1, 0.15) is 24.0 Å². The highest BCUT2D eigenvalue weighted by Gasteiger charge is 2.23. The van der Waals surface area contributed by atoms with Crippen molar-refractivity contribution < 1.29 is 14.2 Å². The van der Waals surface area contributed by atoms with Crippen molar-refractivity contribution in [1.82, 2.24) is 4.90 Å². The van der Waals surface area contributed by atoms with Gasteiger partial charge in [0, 0.05) is 41.7 Å². The summed E-state index contributed by atoms with van der Waals surface area (Å²) in [4.78, 5) is 2.30. The second-order valence-electron chi connectivity index (χ2n) is 6.14. The van der Waals surface area contributed by atoms with Gasteiger partial charge in [-0.05, 0) is 37.2 Å². The van der Waals surface area contributed by atoms with Gasteiger partial charge >= 0.3 is 0 Å². The second-order valence-corrected chi connectivity index (χ2v) is 6.58. The molecule has 0 aliphatic carbocycles. The molecule has 0 atom stereocenters. The molecule has 2 aliphatic heterocycles. The first kappa shape index (κ1) is 16.1. The molecule has 0 radical (unpaired) electrons. The molecule has 0 unspecified atom stereocenters. The Morgan fingerprint density at radius 1 is 1.00 bits per heavy atom. The Hall–Kier alpha value is -2.42. The molecular formula is C19H17ClN2O3. The zero-order valence-electron chi connectivity index (χ0n) is 13.6. The number of ether oxygens (including phenoxy) is 3. The van der Waals surface area contributed by atoms with E-state index in [2.05, 4.69) is 11.0 Å². The van der Waals surface area contributed by atoms with Crippen molar-refractivity contribution in [1.29, 1.82) is 5.26 Å². The third kappa shape index (κ3) is 3.37. The molecular weight excluding hydrogens is 340 g/mol. The minimum absolute atomic E-state index is 0.232. The van der Waals surface area contributed by atoms with E-state index in [1.807, 2.05) is 30.3 Å². The van der Waals surface area contributed by atoms with E-state index in [9.17, 15) is 0 Å². The molecule has 0 saturated heterocycles. The zero-order chi connectivity index (χ0) is 17.2. The van der Waals surface area contributed by atoms with Crippen molar-refractivity contribution in [2.24, 2.45) is 0 Å². The van der Waals surface area contributed by atoms with E-state index < -0.39 is 0 Å². The lowest BCUT2D eigenvalue weighted by molar-refractivity contribution is 0.174. The van der Waals surface area contributed by atoms with Crippen LogP contribution in [0.2, 0.25) is 5.02 Å². The number of fused-ring (bicyclic) bond motifs is 3. The van der Waals surface area contributed by atoms with Crippen LogP contribution >= 0.6 is 11.6 Å². The zero-order valence-corrected chi connectivity index (χ0v) is 14.4. The molecule has 5 nitrogen and oxygen atoms in total. The van der Waals surface area contributed by atoms with E-state index in [1.165, 1.54) is 0 Å². The summed E-state index contributed by atoms with van der Waals surface area (Å²) < 4.78 is 17.1. The normalized spacial score (nSPS) is 15.4. The molecule has 2 aliphatic rings. The monoisotopic (exact) mass is 356 g/mol. The van der Waals surface area contributed by atoms with E-state index in [0.717, 1.165) is 47.9 Å². The first-order valence-electron chi connectivity index (χ1n) is 8.21. The van der Waals surface area contributed by atoms with Gasteiger partial charge in [-0.3, -0.25) is 4.90 Å². The van der Waals surface area contributed by atoms with Gasteiger partial charge in [-0.25, -0.2) is 0 Å². The molecule has 0 aromatic heterocycles. The topological polar surface area (TPSA) is 54.7 Å². The van der Waals surface area contributed by atoms with E-state index in [1.54, 1.807) is 0 Å². The van der Waals surface area contributed by atoms with E-state index >= 15 is 0 Å². The van der Waals surface area contributed by atoms with Crippen LogP contribution in [0.5, 0.6) is 23.0 Å². The summed E-state index contributed by atoms with van der Waals surface area (Å²) in [6.45, 7) is 2.49. The van der Waals surface area contributed by atoms with Gasteiger partial charge in [0.05, 0.1) is 6.07 Å². The summed E-state index contributed by atoms with van der Waals surface area (Å²) in [5.41, 5.74) is 2.08. The van der Waals surface area contributed by atoms with E-state index in [-0.39, 0.29) is 6.79 Å². The number of hydrogen-bond acceptors (Lipinski definition) is 5. The van der Waals surface area contributed by atoms with Gasteiger partial charge in [-0.15, -0.1) is 0 Å². The van der Waals surface area contributed by atoms with Crippen LogP contribution in [0.3, 0.4) is 0 Å². The Morgan fingerprint density at radius 2 is 1.76 bits per heavy atom. The van der Waals surface area contributed by atoms with Crippen molar-refractivity contribution in [3.05, 3.63) is 46.5 Å². The van der Waals surface area contributed by atoms with Crippen LogP contribution in [0, 0.1) is 11.3 Å². The Kier molecular flexibility index (Phi) is 4.39. The largest absolute Gasteiger partial charge is 0.457 e. The molecule has 4 rings (SSSR count). The summed E-state index contributed by atoms with van der Waals surface area (Å²) in [5, 5.41) is 9.50. The van der Waals surface area contributed by atoms with Gasteiger partial charge in [0.2, 0.25) is 6.79 Å². The second kappa shape index (κ2) is 6.83. The maximum Gasteiger partial charge on any atom is 0.231 e. The third-order valence-electron chi connectivity index (χ3n) is 4.35. The first-order chi connectivity index (χ1) is 12.2. The Balaban J connectivity index is 1.72. The van der Waals surface area contributed by atoms with Gasteiger partial charge in [-0.1, -0.05) is 11.6 Å². The smallest absolute Gasteiger partial charge is 0.231 e. The van der Waals surface area contributed by atoms with Crippen molar-refractivity contribution in [3.63, 3.8) is 0 Å².